The summed E-state index contributed by atoms with van der Waals surface area (Å²) in [6.45, 7) is 12.3. The molecule has 2 saturated heterocycles. The monoisotopic (exact) mass is 839 g/mol. The fourth-order valence-corrected chi connectivity index (χ4v) is 8.58. The number of imide groups is 2. The highest BCUT2D eigenvalue weighted by Gasteiger charge is 2.46. The zero-order valence-electron chi connectivity index (χ0n) is 35.7. The molecule has 8 rings (SSSR count). The van der Waals surface area contributed by atoms with Crippen LogP contribution in [0, 0.1) is 11.3 Å². The van der Waals surface area contributed by atoms with Crippen molar-refractivity contribution in [3.8, 4) is 17.3 Å². The fraction of sp³-hybridized carbons (Fsp3) is 0.435. The number of carbonyl (C=O) groups is 4. The van der Waals surface area contributed by atoms with Gasteiger partial charge in [0.1, 0.15) is 11.7 Å². The maximum absolute atomic E-state index is 13.6. The molecule has 322 valence electrons. The van der Waals surface area contributed by atoms with Crippen LogP contribution in [0.15, 0.2) is 67.1 Å². The van der Waals surface area contributed by atoms with Crippen molar-refractivity contribution in [2.45, 2.75) is 102 Å². The Bertz CT molecular complexity index is 2530. The van der Waals surface area contributed by atoms with Gasteiger partial charge in [-0.1, -0.05) is 18.2 Å². The van der Waals surface area contributed by atoms with Crippen LogP contribution in [0.1, 0.15) is 105 Å². The molecule has 5 aromatic rings. The Morgan fingerprint density at radius 3 is 2.48 bits per heavy atom. The molecule has 0 radical (unpaired) electrons. The minimum atomic E-state index is -1.01. The van der Waals surface area contributed by atoms with E-state index in [9.17, 15) is 19.2 Å². The smallest absolute Gasteiger partial charge is 0.264 e. The first-order chi connectivity index (χ1) is 29.8. The molecular formula is C46H53N11O5. The van der Waals surface area contributed by atoms with E-state index in [1.807, 2.05) is 32.3 Å². The minimum absolute atomic E-state index is 0.0710. The van der Waals surface area contributed by atoms with Crippen molar-refractivity contribution in [1.82, 2.24) is 39.8 Å². The van der Waals surface area contributed by atoms with Gasteiger partial charge in [-0.15, -0.1) is 0 Å². The molecule has 3 aliphatic rings. The summed E-state index contributed by atoms with van der Waals surface area (Å²) >= 11 is 0. The number of nitrogens with one attached hydrogen (secondary N) is 4. The number of aromatic amines is 1. The number of anilines is 3. The first kappa shape index (κ1) is 42.3. The molecule has 16 heteroatoms. The van der Waals surface area contributed by atoms with Crippen molar-refractivity contribution in [2.75, 3.05) is 36.9 Å². The van der Waals surface area contributed by atoms with Gasteiger partial charge in [0.25, 0.3) is 11.8 Å². The molecule has 4 N–H and O–H groups in total. The maximum Gasteiger partial charge on any atom is 0.264 e. The molecule has 2 fully saturated rings. The summed E-state index contributed by atoms with van der Waals surface area (Å²) in [5.41, 5.74) is 4.79. The summed E-state index contributed by atoms with van der Waals surface area (Å²) in [5, 5.41) is 23.4. The third-order valence-electron chi connectivity index (χ3n) is 12.2. The predicted molar refractivity (Wildman–Crippen MR) is 234 cm³/mol. The number of rotatable bonds is 16. The molecule has 0 saturated carbocycles. The van der Waals surface area contributed by atoms with Gasteiger partial charge in [-0.3, -0.25) is 34.1 Å². The van der Waals surface area contributed by atoms with E-state index in [-0.39, 0.29) is 29.6 Å². The highest BCUT2D eigenvalue weighted by Crippen LogP contribution is 2.35. The number of amides is 4. The number of aromatic nitrogens is 5. The Morgan fingerprint density at radius 2 is 1.73 bits per heavy atom. The van der Waals surface area contributed by atoms with Crippen LogP contribution in [-0.2, 0) is 20.9 Å². The van der Waals surface area contributed by atoms with Crippen LogP contribution in [-0.4, -0.2) is 102 Å². The number of piperidine rings is 2. The normalized spacial score (nSPS) is 17.7. The van der Waals surface area contributed by atoms with Crippen LogP contribution in [0.25, 0.3) is 22.3 Å². The lowest BCUT2D eigenvalue weighted by Crippen LogP contribution is -2.54. The van der Waals surface area contributed by atoms with Gasteiger partial charge in [-0.2, -0.15) is 15.3 Å². The second-order valence-corrected chi connectivity index (χ2v) is 17.7. The van der Waals surface area contributed by atoms with E-state index >= 15 is 0 Å². The van der Waals surface area contributed by atoms with Crippen LogP contribution >= 0.6 is 0 Å². The number of likely N-dealkylation sites (tertiary alicyclic amines) is 1. The van der Waals surface area contributed by atoms with Crippen molar-refractivity contribution >= 4 is 52.0 Å². The Hall–Kier alpha value is -6.44. The highest BCUT2D eigenvalue weighted by atomic mass is 16.5. The van der Waals surface area contributed by atoms with Crippen LogP contribution < -0.4 is 16.0 Å². The van der Waals surface area contributed by atoms with Gasteiger partial charge in [0.15, 0.2) is 0 Å². The predicted octanol–water partition coefficient (Wildman–Crippen LogP) is 6.53. The summed E-state index contributed by atoms with van der Waals surface area (Å²) in [5.74, 6) is -1.12. The van der Waals surface area contributed by atoms with Crippen LogP contribution in [0.2, 0.25) is 0 Å². The van der Waals surface area contributed by atoms with Gasteiger partial charge in [-0.25, -0.2) is 4.98 Å². The second kappa shape index (κ2) is 17.5. The number of nitriles is 1. The van der Waals surface area contributed by atoms with Crippen molar-refractivity contribution in [3.05, 3.63) is 83.8 Å². The highest BCUT2D eigenvalue weighted by molar-refractivity contribution is 6.25. The van der Waals surface area contributed by atoms with E-state index in [4.69, 9.17) is 20.0 Å². The summed E-state index contributed by atoms with van der Waals surface area (Å²) in [7, 11) is 0. The molecule has 3 aromatic heterocycles. The Balaban J connectivity index is 0.789. The molecule has 2 aromatic carbocycles. The number of ether oxygens (including phenoxy) is 1. The van der Waals surface area contributed by atoms with Crippen molar-refractivity contribution in [1.29, 1.82) is 5.26 Å². The van der Waals surface area contributed by atoms with E-state index in [1.54, 1.807) is 29.1 Å². The summed E-state index contributed by atoms with van der Waals surface area (Å²) in [6.07, 6.45) is 9.78. The first-order valence-electron chi connectivity index (χ1n) is 21.4. The molecule has 3 aliphatic heterocycles. The van der Waals surface area contributed by atoms with Crippen LogP contribution in [0.5, 0.6) is 0 Å². The average molecular weight is 840 g/mol. The van der Waals surface area contributed by atoms with Crippen LogP contribution in [0.3, 0.4) is 0 Å². The summed E-state index contributed by atoms with van der Waals surface area (Å²) in [6, 6.07) is 16.8. The van der Waals surface area contributed by atoms with Gasteiger partial charge in [0, 0.05) is 59.8 Å². The molecule has 62 heavy (non-hydrogen) atoms. The zero-order chi connectivity index (χ0) is 43.6. The lowest BCUT2D eigenvalue weighted by atomic mass is 9.89. The maximum atomic E-state index is 13.6. The van der Waals surface area contributed by atoms with Crippen molar-refractivity contribution in [2.24, 2.45) is 0 Å². The molecule has 0 bridgehead atoms. The Kier molecular flexibility index (Phi) is 11.9. The fourth-order valence-electron chi connectivity index (χ4n) is 8.58. The molecule has 6 heterocycles. The van der Waals surface area contributed by atoms with Crippen LogP contribution in [0.4, 0.5) is 17.3 Å². The molecule has 4 amide bonds. The lowest BCUT2D eigenvalue weighted by Gasteiger charge is -2.35. The summed E-state index contributed by atoms with van der Waals surface area (Å²) < 4.78 is 8.21. The number of hydrogen-bond acceptors (Lipinski definition) is 12. The third kappa shape index (κ3) is 9.24. The lowest BCUT2D eigenvalue weighted by molar-refractivity contribution is -0.136. The van der Waals surface area contributed by atoms with E-state index in [0.717, 1.165) is 71.8 Å². The van der Waals surface area contributed by atoms with Gasteiger partial charge in [0.2, 0.25) is 17.8 Å². The van der Waals surface area contributed by atoms with Crippen molar-refractivity contribution in [3.63, 3.8) is 0 Å². The van der Waals surface area contributed by atoms with Crippen molar-refractivity contribution < 1.29 is 23.9 Å². The average Bonchev–Trinajstić information content (AvgIpc) is 3.98. The number of fused-ring (bicyclic) bond motifs is 2. The SMILES string of the molecule is CC(C)(CCOC(C)(C)CCN1CCC(c2ccc(Nc3nc(-c4cnn(CCC#N)c4)c4cc[nH]c4n3)cc2)CC1)Nc1cccc2c1C(=O)N(C1CCC(=O)NC1=O)C2=O. The largest absolute Gasteiger partial charge is 0.379 e. The zero-order valence-corrected chi connectivity index (χ0v) is 35.7. The van der Waals surface area contributed by atoms with E-state index in [0.29, 0.717) is 43.5 Å². The van der Waals surface area contributed by atoms with Gasteiger partial charge in [-0.05, 0) is 115 Å². The van der Waals surface area contributed by atoms with Gasteiger partial charge < -0.3 is 25.3 Å². The molecule has 1 unspecified atom stereocenters. The quantitative estimate of drug-likeness (QED) is 0.0785. The third-order valence-corrected chi connectivity index (χ3v) is 12.2. The number of nitrogens with zero attached hydrogens (tertiary/aromatic N) is 7. The Labute approximate surface area is 360 Å². The number of carbonyl (C=O) groups excluding carboxylic acids is 4. The molecular weight excluding hydrogens is 787 g/mol. The molecule has 16 nitrogen and oxygen atoms in total. The van der Waals surface area contributed by atoms with E-state index in [2.05, 4.69) is 75.1 Å². The topological polar surface area (TPSA) is 203 Å². The second-order valence-electron chi connectivity index (χ2n) is 17.7. The Morgan fingerprint density at radius 1 is 0.935 bits per heavy atom. The first-order valence-corrected chi connectivity index (χ1v) is 21.4. The molecule has 1 atom stereocenters. The van der Waals surface area contributed by atoms with E-state index in [1.165, 1.54) is 5.56 Å². The number of H-pyrrole nitrogens is 1. The number of aryl methyl sites for hydroxylation is 1. The molecule has 0 spiro atoms. The van der Waals surface area contributed by atoms with E-state index < -0.39 is 35.2 Å². The summed E-state index contributed by atoms with van der Waals surface area (Å²) in [4.78, 5) is 67.4. The number of hydrogen-bond donors (Lipinski definition) is 4. The standard InChI is InChI=1S/C46H53N11O5/c1-45(2,54-35-8-5-7-33-38(35)43(61)57(42(33)60)36-13-14-37(58)51-41(36)59)19-26-62-46(3,4)18-25-55-23-16-30(17-24-55)29-9-11-32(12-10-29)50-44-52-39(34-15-21-48-40(34)53-44)31-27-49-56(28-31)22-6-20-47/h5,7-12,15,21,27-28,30,36,54H,6,13-14,16-19,22-26H2,1-4H3,(H,51,58,59)(H2,48,50,52,53). The minimum Gasteiger partial charge on any atom is -0.379 e. The molecule has 0 aliphatic carbocycles. The van der Waals surface area contributed by atoms with Gasteiger partial charge >= 0.3 is 0 Å². The number of benzene rings is 2. The van der Waals surface area contributed by atoms with Gasteiger partial charge in [0.05, 0.1) is 47.7 Å².